The van der Waals surface area contributed by atoms with E-state index in [1.54, 1.807) is 0 Å². The van der Waals surface area contributed by atoms with Gasteiger partial charge in [-0.15, -0.1) is 0 Å². The SMILES string of the molecule is O=C(O)C(C1CCCCC1)C(C(=O)O)C1CCCC1. The van der Waals surface area contributed by atoms with Crippen LogP contribution in [0.1, 0.15) is 57.8 Å². The summed E-state index contributed by atoms with van der Waals surface area (Å²) < 4.78 is 0. The molecule has 0 aromatic heterocycles. The molecule has 2 atom stereocenters. The zero-order valence-electron chi connectivity index (χ0n) is 11.4. The lowest BCUT2D eigenvalue weighted by Crippen LogP contribution is -2.40. The summed E-state index contributed by atoms with van der Waals surface area (Å²) in [7, 11) is 0. The van der Waals surface area contributed by atoms with Gasteiger partial charge in [0.05, 0.1) is 11.8 Å². The van der Waals surface area contributed by atoms with Crippen LogP contribution in [-0.4, -0.2) is 22.2 Å². The minimum atomic E-state index is -0.898. The Balaban J connectivity index is 2.17. The molecule has 4 nitrogen and oxygen atoms in total. The Morgan fingerprint density at radius 3 is 1.32 bits per heavy atom. The smallest absolute Gasteiger partial charge is 0.307 e. The van der Waals surface area contributed by atoms with Crippen molar-refractivity contribution in [2.45, 2.75) is 57.8 Å². The lowest BCUT2D eigenvalue weighted by atomic mass is 9.69. The van der Waals surface area contributed by atoms with Gasteiger partial charge in [0.2, 0.25) is 0 Å². The monoisotopic (exact) mass is 268 g/mol. The number of carboxylic acid groups (broad SMARTS) is 2. The van der Waals surface area contributed by atoms with Gasteiger partial charge < -0.3 is 10.2 Å². The van der Waals surface area contributed by atoms with E-state index >= 15 is 0 Å². The molecular weight excluding hydrogens is 244 g/mol. The summed E-state index contributed by atoms with van der Waals surface area (Å²) in [6.07, 6.45) is 8.87. The van der Waals surface area contributed by atoms with Crippen molar-refractivity contribution >= 4 is 11.9 Å². The van der Waals surface area contributed by atoms with Gasteiger partial charge >= 0.3 is 11.9 Å². The molecule has 0 radical (unpaired) electrons. The molecule has 2 aliphatic rings. The van der Waals surface area contributed by atoms with Crippen molar-refractivity contribution in [3.05, 3.63) is 0 Å². The molecule has 0 bridgehead atoms. The molecule has 4 heteroatoms. The third-order valence-electron chi connectivity index (χ3n) is 5.02. The van der Waals surface area contributed by atoms with E-state index in [1.165, 1.54) is 0 Å². The van der Waals surface area contributed by atoms with Gasteiger partial charge in [0, 0.05) is 0 Å². The normalized spacial score (nSPS) is 25.1. The van der Waals surface area contributed by atoms with Gasteiger partial charge in [-0.25, -0.2) is 0 Å². The van der Waals surface area contributed by atoms with Crippen LogP contribution in [0, 0.1) is 23.7 Å². The maximum atomic E-state index is 11.6. The van der Waals surface area contributed by atoms with Crippen molar-refractivity contribution in [3.63, 3.8) is 0 Å². The lowest BCUT2D eigenvalue weighted by molar-refractivity contribution is -0.159. The highest BCUT2D eigenvalue weighted by Crippen LogP contribution is 2.42. The molecule has 0 aromatic carbocycles. The van der Waals surface area contributed by atoms with E-state index in [2.05, 4.69) is 0 Å². The van der Waals surface area contributed by atoms with Gasteiger partial charge in [-0.2, -0.15) is 0 Å². The van der Waals surface area contributed by atoms with Crippen LogP contribution in [0.25, 0.3) is 0 Å². The largest absolute Gasteiger partial charge is 0.481 e. The van der Waals surface area contributed by atoms with Gasteiger partial charge in [-0.05, 0) is 37.5 Å². The second-order valence-electron chi connectivity index (χ2n) is 6.17. The highest BCUT2D eigenvalue weighted by molar-refractivity contribution is 5.80. The van der Waals surface area contributed by atoms with Crippen molar-refractivity contribution in [1.82, 2.24) is 0 Å². The topological polar surface area (TPSA) is 74.6 Å². The first kappa shape index (κ1) is 14.4. The highest BCUT2D eigenvalue weighted by atomic mass is 16.4. The lowest BCUT2D eigenvalue weighted by Gasteiger charge is -2.33. The van der Waals surface area contributed by atoms with E-state index in [0.29, 0.717) is 0 Å². The minimum absolute atomic E-state index is 0.0629. The summed E-state index contributed by atoms with van der Waals surface area (Å²) in [5.41, 5.74) is 0. The van der Waals surface area contributed by atoms with Crippen LogP contribution in [0.5, 0.6) is 0 Å². The Hall–Kier alpha value is -1.06. The molecular formula is C15H24O4. The van der Waals surface area contributed by atoms with Crippen LogP contribution in [-0.2, 0) is 9.59 Å². The van der Waals surface area contributed by atoms with E-state index in [1.807, 2.05) is 0 Å². The van der Waals surface area contributed by atoms with Crippen LogP contribution in [0.3, 0.4) is 0 Å². The van der Waals surface area contributed by atoms with E-state index in [-0.39, 0.29) is 11.8 Å². The number of carboxylic acids is 2. The number of hydrogen-bond acceptors (Lipinski definition) is 2. The van der Waals surface area contributed by atoms with Gasteiger partial charge in [0.15, 0.2) is 0 Å². The molecule has 108 valence electrons. The molecule has 0 aromatic rings. The van der Waals surface area contributed by atoms with E-state index < -0.39 is 23.8 Å². The maximum absolute atomic E-state index is 11.6. The first-order valence-electron chi connectivity index (χ1n) is 7.57. The molecule has 0 spiro atoms. The van der Waals surface area contributed by atoms with E-state index in [0.717, 1.165) is 57.8 Å². The van der Waals surface area contributed by atoms with Crippen LogP contribution in [0.4, 0.5) is 0 Å². The maximum Gasteiger partial charge on any atom is 0.307 e. The molecule has 2 aliphatic carbocycles. The average molecular weight is 268 g/mol. The fourth-order valence-electron chi connectivity index (χ4n) is 4.11. The van der Waals surface area contributed by atoms with Gasteiger partial charge in [-0.3, -0.25) is 9.59 Å². The number of hydrogen-bond donors (Lipinski definition) is 2. The van der Waals surface area contributed by atoms with Crippen molar-refractivity contribution in [2.24, 2.45) is 23.7 Å². The first-order valence-corrected chi connectivity index (χ1v) is 7.57. The molecule has 2 rings (SSSR count). The second-order valence-corrected chi connectivity index (χ2v) is 6.17. The molecule has 2 unspecified atom stereocenters. The number of rotatable bonds is 5. The Kier molecular flexibility index (Phi) is 4.83. The standard InChI is InChI=1S/C15H24O4/c16-14(17)12(10-6-2-1-3-7-10)13(15(18)19)11-8-4-5-9-11/h10-13H,1-9H2,(H,16,17)(H,18,19). The summed E-state index contributed by atoms with van der Waals surface area (Å²) in [5, 5.41) is 19.1. The number of carbonyl (C=O) groups is 2. The average Bonchev–Trinajstić information content (AvgIpc) is 2.89. The van der Waals surface area contributed by atoms with Crippen molar-refractivity contribution in [1.29, 1.82) is 0 Å². The van der Waals surface area contributed by atoms with Crippen molar-refractivity contribution in [2.75, 3.05) is 0 Å². The molecule has 2 N–H and O–H groups in total. The molecule has 2 fully saturated rings. The predicted octanol–water partition coefficient (Wildman–Crippen LogP) is 3.16. The summed E-state index contributed by atoms with van der Waals surface area (Å²) in [6, 6.07) is 0. The van der Waals surface area contributed by atoms with Crippen LogP contribution in [0.2, 0.25) is 0 Å². The Morgan fingerprint density at radius 1 is 0.684 bits per heavy atom. The summed E-state index contributed by atoms with van der Waals surface area (Å²) in [4.78, 5) is 23.2. The van der Waals surface area contributed by atoms with E-state index in [9.17, 15) is 19.8 Å². The fraction of sp³-hybridized carbons (Fsp3) is 0.867. The third kappa shape index (κ3) is 3.28. The van der Waals surface area contributed by atoms with Crippen LogP contribution >= 0.6 is 0 Å². The molecule has 2 saturated carbocycles. The number of aliphatic carboxylic acids is 2. The molecule has 0 aliphatic heterocycles. The molecule has 0 saturated heterocycles. The zero-order chi connectivity index (χ0) is 13.8. The predicted molar refractivity (Wildman–Crippen MR) is 70.8 cm³/mol. The summed E-state index contributed by atoms with van der Waals surface area (Å²) in [6.45, 7) is 0. The van der Waals surface area contributed by atoms with Crippen molar-refractivity contribution < 1.29 is 19.8 Å². The van der Waals surface area contributed by atoms with Gasteiger partial charge in [0.25, 0.3) is 0 Å². The zero-order valence-corrected chi connectivity index (χ0v) is 11.4. The fourth-order valence-corrected chi connectivity index (χ4v) is 4.11. The first-order chi connectivity index (χ1) is 9.11. The molecule has 0 amide bonds. The van der Waals surface area contributed by atoms with E-state index in [4.69, 9.17) is 0 Å². The minimum Gasteiger partial charge on any atom is -0.481 e. The Morgan fingerprint density at radius 2 is 1.00 bits per heavy atom. The Bertz CT molecular complexity index is 327. The van der Waals surface area contributed by atoms with Crippen molar-refractivity contribution in [3.8, 4) is 0 Å². The van der Waals surface area contributed by atoms with Gasteiger partial charge in [0.1, 0.15) is 0 Å². The summed E-state index contributed by atoms with van der Waals surface area (Å²) in [5.74, 6) is -3.02. The van der Waals surface area contributed by atoms with Crippen LogP contribution in [0.15, 0.2) is 0 Å². The van der Waals surface area contributed by atoms with Crippen LogP contribution < -0.4 is 0 Å². The second kappa shape index (κ2) is 6.40. The summed E-state index contributed by atoms with van der Waals surface area (Å²) >= 11 is 0. The molecule has 19 heavy (non-hydrogen) atoms. The van der Waals surface area contributed by atoms with Gasteiger partial charge in [-0.1, -0.05) is 32.1 Å². The quantitative estimate of drug-likeness (QED) is 0.803. The highest BCUT2D eigenvalue weighted by Gasteiger charge is 2.44. The third-order valence-corrected chi connectivity index (χ3v) is 5.02. The molecule has 0 heterocycles. The Labute approximate surface area is 114 Å².